The third-order valence-corrected chi connectivity index (χ3v) is 3.65. The van der Waals surface area contributed by atoms with Crippen molar-refractivity contribution in [2.45, 2.75) is 19.4 Å². The Morgan fingerprint density at radius 1 is 1.52 bits per heavy atom. The Morgan fingerprint density at radius 3 is 2.90 bits per heavy atom. The van der Waals surface area contributed by atoms with Gasteiger partial charge in [0.05, 0.1) is 13.0 Å². The number of carbonyl (C=O) groups is 2. The highest BCUT2D eigenvalue weighted by atomic mass is 16.5. The van der Waals surface area contributed by atoms with Gasteiger partial charge in [0.2, 0.25) is 11.8 Å². The predicted octanol–water partition coefficient (Wildman–Crippen LogP) is 0.885. The highest BCUT2D eigenvalue weighted by Gasteiger charge is 2.26. The quantitative estimate of drug-likeness (QED) is 0.863. The minimum atomic E-state index is -0.160. The second-order valence-corrected chi connectivity index (χ2v) is 5.24. The largest absolute Gasteiger partial charge is 0.504 e. The zero-order chi connectivity index (χ0) is 15.4. The smallest absolute Gasteiger partial charge is 0.227 e. The molecule has 0 saturated carbocycles. The Kier molecular flexibility index (Phi) is 4.67. The number of carbonyl (C=O) groups excluding carboxylic acids is 2. The van der Waals surface area contributed by atoms with Crippen LogP contribution in [-0.2, 0) is 16.1 Å². The molecule has 1 fully saturated rings. The molecule has 1 saturated heterocycles. The number of nitrogens with one attached hydrogen (secondary N) is 1. The van der Waals surface area contributed by atoms with Crippen LogP contribution in [0.1, 0.15) is 18.4 Å². The number of phenols is 1. The topological polar surface area (TPSA) is 78.9 Å². The molecule has 1 heterocycles. The Balaban J connectivity index is 1.98. The SMILES string of the molecule is COc1cc(CN(C)C(=O)C2CCC(=O)NC2)ccc1O. The number of phenolic OH excluding ortho intramolecular Hbond substituents is 1. The lowest BCUT2D eigenvalue weighted by atomic mass is 9.97. The van der Waals surface area contributed by atoms with Crippen LogP contribution in [-0.4, -0.2) is 42.5 Å². The van der Waals surface area contributed by atoms with Crippen molar-refractivity contribution in [1.29, 1.82) is 0 Å². The van der Waals surface area contributed by atoms with Crippen LogP contribution < -0.4 is 10.1 Å². The molecule has 1 aromatic rings. The number of hydrogen-bond acceptors (Lipinski definition) is 4. The lowest BCUT2D eigenvalue weighted by molar-refractivity contribution is -0.136. The van der Waals surface area contributed by atoms with Gasteiger partial charge in [0, 0.05) is 26.6 Å². The fourth-order valence-electron chi connectivity index (χ4n) is 2.43. The molecule has 21 heavy (non-hydrogen) atoms. The number of benzene rings is 1. The zero-order valence-corrected chi connectivity index (χ0v) is 12.3. The van der Waals surface area contributed by atoms with E-state index in [0.717, 1.165) is 5.56 Å². The molecule has 1 unspecified atom stereocenters. The summed E-state index contributed by atoms with van der Waals surface area (Å²) in [4.78, 5) is 25.1. The number of ether oxygens (including phenoxy) is 1. The number of hydrogen-bond donors (Lipinski definition) is 2. The Labute approximate surface area is 123 Å². The van der Waals surface area contributed by atoms with E-state index in [1.807, 2.05) is 0 Å². The van der Waals surface area contributed by atoms with Crippen LogP contribution in [0.3, 0.4) is 0 Å². The Morgan fingerprint density at radius 2 is 2.29 bits per heavy atom. The molecular formula is C15H20N2O4. The van der Waals surface area contributed by atoms with Gasteiger partial charge < -0.3 is 20.1 Å². The maximum absolute atomic E-state index is 12.3. The van der Waals surface area contributed by atoms with E-state index in [-0.39, 0.29) is 23.5 Å². The van der Waals surface area contributed by atoms with Gasteiger partial charge in [-0.05, 0) is 24.1 Å². The average molecular weight is 292 g/mol. The lowest BCUT2D eigenvalue weighted by Crippen LogP contribution is -2.43. The van der Waals surface area contributed by atoms with Gasteiger partial charge in [-0.15, -0.1) is 0 Å². The van der Waals surface area contributed by atoms with Crippen molar-refractivity contribution >= 4 is 11.8 Å². The summed E-state index contributed by atoms with van der Waals surface area (Å²) in [6.45, 7) is 0.834. The first-order valence-corrected chi connectivity index (χ1v) is 6.89. The fraction of sp³-hybridized carbons (Fsp3) is 0.467. The van der Waals surface area contributed by atoms with Gasteiger partial charge in [-0.1, -0.05) is 6.07 Å². The predicted molar refractivity (Wildman–Crippen MR) is 76.9 cm³/mol. The second kappa shape index (κ2) is 6.47. The first-order chi connectivity index (χ1) is 10.0. The van der Waals surface area contributed by atoms with Gasteiger partial charge >= 0.3 is 0 Å². The molecule has 2 amide bonds. The molecule has 0 aliphatic carbocycles. The van der Waals surface area contributed by atoms with Crippen LogP contribution in [0, 0.1) is 5.92 Å². The van der Waals surface area contributed by atoms with Crippen LogP contribution in [0.2, 0.25) is 0 Å². The fourth-order valence-corrected chi connectivity index (χ4v) is 2.43. The minimum absolute atomic E-state index is 0.00461. The number of aromatic hydroxyl groups is 1. The maximum atomic E-state index is 12.3. The van der Waals surface area contributed by atoms with Crippen LogP contribution in [0.25, 0.3) is 0 Å². The molecule has 1 aromatic carbocycles. The molecule has 0 aromatic heterocycles. The van der Waals surface area contributed by atoms with Crippen LogP contribution in [0.4, 0.5) is 0 Å². The van der Waals surface area contributed by atoms with Crippen molar-refractivity contribution in [1.82, 2.24) is 10.2 Å². The summed E-state index contributed by atoms with van der Waals surface area (Å²) >= 11 is 0. The molecule has 1 aliphatic rings. The number of piperidine rings is 1. The van der Waals surface area contributed by atoms with E-state index in [1.165, 1.54) is 7.11 Å². The highest BCUT2D eigenvalue weighted by Crippen LogP contribution is 2.27. The summed E-state index contributed by atoms with van der Waals surface area (Å²) < 4.78 is 5.05. The molecule has 0 bridgehead atoms. The van der Waals surface area contributed by atoms with Gasteiger partial charge in [0.15, 0.2) is 11.5 Å². The van der Waals surface area contributed by atoms with E-state index in [9.17, 15) is 14.7 Å². The van der Waals surface area contributed by atoms with E-state index in [0.29, 0.717) is 31.7 Å². The van der Waals surface area contributed by atoms with E-state index < -0.39 is 0 Å². The molecule has 2 rings (SSSR count). The second-order valence-electron chi connectivity index (χ2n) is 5.24. The Hall–Kier alpha value is -2.24. The summed E-state index contributed by atoms with van der Waals surface area (Å²) in [5.74, 6) is 0.322. The molecule has 1 aliphatic heterocycles. The molecule has 0 spiro atoms. The molecule has 6 heteroatoms. The van der Waals surface area contributed by atoms with Crippen LogP contribution in [0.15, 0.2) is 18.2 Å². The molecular weight excluding hydrogens is 272 g/mol. The standard InChI is InChI=1S/C15H20N2O4/c1-17(15(20)11-4-6-14(19)16-8-11)9-10-3-5-12(18)13(7-10)21-2/h3,5,7,11,18H,4,6,8-9H2,1-2H3,(H,16,19). The summed E-state index contributed by atoms with van der Waals surface area (Å²) in [6.07, 6.45) is 0.991. The van der Waals surface area contributed by atoms with Crippen molar-refractivity contribution in [3.8, 4) is 11.5 Å². The number of methoxy groups -OCH3 is 1. The van der Waals surface area contributed by atoms with E-state index in [2.05, 4.69) is 5.32 Å². The third kappa shape index (κ3) is 3.65. The van der Waals surface area contributed by atoms with Gasteiger partial charge in [-0.25, -0.2) is 0 Å². The summed E-state index contributed by atoms with van der Waals surface area (Å²) in [7, 11) is 3.22. The van der Waals surface area contributed by atoms with Crippen LogP contribution >= 0.6 is 0 Å². The first kappa shape index (κ1) is 15.2. The van der Waals surface area contributed by atoms with E-state index in [1.54, 1.807) is 30.1 Å². The lowest BCUT2D eigenvalue weighted by Gasteiger charge is -2.26. The average Bonchev–Trinajstić information content (AvgIpc) is 2.49. The molecule has 114 valence electrons. The van der Waals surface area contributed by atoms with Crippen molar-refractivity contribution in [2.24, 2.45) is 5.92 Å². The van der Waals surface area contributed by atoms with Gasteiger partial charge in [-0.2, -0.15) is 0 Å². The van der Waals surface area contributed by atoms with Crippen molar-refractivity contribution in [2.75, 3.05) is 20.7 Å². The molecule has 1 atom stereocenters. The minimum Gasteiger partial charge on any atom is -0.504 e. The number of amides is 2. The summed E-state index contributed by atoms with van der Waals surface area (Å²) in [5.41, 5.74) is 0.875. The maximum Gasteiger partial charge on any atom is 0.227 e. The van der Waals surface area contributed by atoms with Gasteiger partial charge in [0.25, 0.3) is 0 Å². The number of rotatable bonds is 4. The number of nitrogens with zero attached hydrogens (tertiary/aromatic N) is 1. The Bertz CT molecular complexity index is 534. The van der Waals surface area contributed by atoms with Gasteiger partial charge in [0.1, 0.15) is 0 Å². The first-order valence-electron chi connectivity index (χ1n) is 6.89. The molecule has 0 radical (unpaired) electrons. The van der Waals surface area contributed by atoms with Gasteiger partial charge in [-0.3, -0.25) is 9.59 Å². The molecule has 2 N–H and O–H groups in total. The summed E-state index contributed by atoms with van der Waals surface area (Å²) in [6, 6.07) is 5.01. The van der Waals surface area contributed by atoms with Crippen molar-refractivity contribution in [3.05, 3.63) is 23.8 Å². The summed E-state index contributed by atoms with van der Waals surface area (Å²) in [5, 5.41) is 12.3. The van der Waals surface area contributed by atoms with E-state index >= 15 is 0 Å². The highest BCUT2D eigenvalue weighted by molar-refractivity contribution is 5.83. The van der Waals surface area contributed by atoms with Crippen LogP contribution in [0.5, 0.6) is 11.5 Å². The van der Waals surface area contributed by atoms with Crippen molar-refractivity contribution in [3.63, 3.8) is 0 Å². The monoisotopic (exact) mass is 292 g/mol. The van der Waals surface area contributed by atoms with E-state index in [4.69, 9.17) is 4.74 Å². The normalized spacial score (nSPS) is 18.0. The van der Waals surface area contributed by atoms with Crippen molar-refractivity contribution < 1.29 is 19.4 Å². The molecule has 6 nitrogen and oxygen atoms in total. The third-order valence-electron chi connectivity index (χ3n) is 3.65. The zero-order valence-electron chi connectivity index (χ0n) is 12.3.